The Morgan fingerprint density at radius 1 is 1.06 bits per heavy atom. The fraction of sp³-hybridized carbons (Fsp3) is 0.130. The topological polar surface area (TPSA) is 115 Å². The number of nitrogen functional groups attached to an aromatic ring is 1. The van der Waals surface area contributed by atoms with Crippen molar-refractivity contribution < 1.29 is 14.0 Å². The van der Waals surface area contributed by atoms with E-state index in [0.717, 1.165) is 0 Å². The lowest BCUT2D eigenvalue weighted by molar-refractivity contribution is 0.104. The molecule has 0 fully saturated rings. The Morgan fingerprint density at radius 2 is 1.79 bits per heavy atom. The third-order valence-electron chi connectivity index (χ3n) is 5.03. The van der Waals surface area contributed by atoms with Gasteiger partial charge in [0.2, 0.25) is 0 Å². The molecule has 0 spiro atoms. The lowest BCUT2D eigenvalue weighted by atomic mass is 10.0. The van der Waals surface area contributed by atoms with Crippen LogP contribution in [-0.2, 0) is 0 Å². The van der Waals surface area contributed by atoms with Crippen LogP contribution in [0.2, 0.25) is 5.02 Å². The van der Waals surface area contributed by atoms with Crippen molar-refractivity contribution in [3.8, 4) is 0 Å². The molecule has 2 heterocycles. The molecule has 2 aromatic carbocycles. The van der Waals surface area contributed by atoms with E-state index < -0.39 is 11.8 Å². The van der Waals surface area contributed by atoms with Gasteiger partial charge in [0.05, 0.1) is 21.7 Å². The molecule has 0 unspecified atom stereocenters. The summed E-state index contributed by atoms with van der Waals surface area (Å²) < 4.78 is 14.9. The Kier molecular flexibility index (Phi) is 5.97. The molecule has 33 heavy (non-hydrogen) atoms. The van der Waals surface area contributed by atoms with Crippen molar-refractivity contribution in [3.63, 3.8) is 0 Å². The molecule has 0 saturated heterocycles. The van der Waals surface area contributed by atoms with Gasteiger partial charge in [-0.2, -0.15) is 0 Å². The van der Waals surface area contributed by atoms with E-state index in [1.165, 1.54) is 30.6 Å². The number of urea groups is 1. The third kappa shape index (κ3) is 4.35. The van der Waals surface area contributed by atoms with Gasteiger partial charge in [-0.3, -0.25) is 4.79 Å². The Bertz CT molecular complexity index is 1370. The molecule has 168 valence electrons. The second-order valence-corrected chi connectivity index (χ2v) is 7.96. The Hall–Kier alpha value is -3.98. The molecule has 8 nitrogen and oxygen atoms in total. The van der Waals surface area contributed by atoms with Gasteiger partial charge in [-0.1, -0.05) is 17.7 Å². The van der Waals surface area contributed by atoms with E-state index in [4.69, 9.17) is 17.3 Å². The van der Waals surface area contributed by atoms with Crippen LogP contribution < -0.4 is 16.4 Å². The van der Waals surface area contributed by atoms with Crippen LogP contribution in [0, 0.1) is 5.82 Å². The Balaban J connectivity index is 1.66. The molecule has 2 amide bonds. The van der Waals surface area contributed by atoms with Crippen LogP contribution in [0.25, 0.3) is 11.0 Å². The first-order chi connectivity index (χ1) is 15.8. The molecule has 4 rings (SSSR count). The number of nitrogens with two attached hydrogens (primary N) is 1. The van der Waals surface area contributed by atoms with Crippen LogP contribution in [0.1, 0.15) is 35.8 Å². The number of ketones is 1. The van der Waals surface area contributed by atoms with Crippen molar-refractivity contribution >= 4 is 51.6 Å². The quantitative estimate of drug-likeness (QED) is 0.347. The Morgan fingerprint density at radius 3 is 2.48 bits per heavy atom. The summed E-state index contributed by atoms with van der Waals surface area (Å²) in [4.78, 5) is 34.1. The van der Waals surface area contributed by atoms with E-state index in [0.29, 0.717) is 22.3 Å². The van der Waals surface area contributed by atoms with Crippen LogP contribution in [-0.4, -0.2) is 26.3 Å². The van der Waals surface area contributed by atoms with Crippen molar-refractivity contribution in [3.05, 3.63) is 77.0 Å². The first kappa shape index (κ1) is 22.2. The zero-order valence-corrected chi connectivity index (χ0v) is 18.5. The smallest absolute Gasteiger partial charge is 0.323 e. The number of hydrogen-bond donors (Lipinski definition) is 3. The van der Waals surface area contributed by atoms with Crippen molar-refractivity contribution in [2.45, 2.75) is 19.9 Å². The van der Waals surface area contributed by atoms with Gasteiger partial charge in [0, 0.05) is 23.5 Å². The molecule has 0 aliphatic carbocycles. The summed E-state index contributed by atoms with van der Waals surface area (Å²) in [6.07, 6.45) is 3.03. The molecule has 0 aliphatic heterocycles. The number of benzene rings is 2. The highest BCUT2D eigenvalue weighted by atomic mass is 35.5. The highest BCUT2D eigenvalue weighted by molar-refractivity contribution is 6.38. The highest BCUT2D eigenvalue weighted by Crippen LogP contribution is 2.32. The second-order valence-electron chi connectivity index (χ2n) is 7.58. The molecular formula is C23H20ClFN6O2. The minimum absolute atomic E-state index is 0.0296. The van der Waals surface area contributed by atoms with Crippen LogP contribution >= 0.6 is 11.6 Å². The summed E-state index contributed by atoms with van der Waals surface area (Å²) >= 11 is 6.50. The largest absolute Gasteiger partial charge is 0.383 e. The molecular weight excluding hydrogens is 447 g/mol. The first-order valence-electron chi connectivity index (χ1n) is 10.0. The number of anilines is 3. The molecule has 4 N–H and O–H groups in total. The fourth-order valence-corrected chi connectivity index (χ4v) is 3.70. The maximum atomic E-state index is 13.5. The molecule has 0 atom stereocenters. The number of hydrogen-bond acceptors (Lipinski definition) is 5. The number of rotatable bonds is 5. The van der Waals surface area contributed by atoms with E-state index in [1.54, 1.807) is 24.4 Å². The van der Waals surface area contributed by atoms with Gasteiger partial charge in [-0.25, -0.2) is 19.2 Å². The summed E-state index contributed by atoms with van der Waals surface area (Å²) in [6.45, 7) is 3.92. The van der Waals surface area contributed by atoms with Crippen LogP contribution in [0.3, 0.4) is 0 Å². The zero-order valence-electron chi connectivity index (χ0n) is 17.8. The molecule has 4 aromatic rings. The summed E-state index contributed by atoms with van der Waals surface area (Å²) in [5.74, 6) is -0.611. The number of amides is 2. The van der Waals surface area contributed by atoms with E-state index in [-0.39, 0.29) is 33.9 Å². The average Bonchev–Trinajstić information content (AvgIpc) is 3.18. The average molecular weight is 467 g/mol. The van der Waals surface area contributed by atoms with Crippen LogP contribution in [0.5, 0.6) is 0 Å². The highest BCUT2D eigenvalue weighted by Gasteiger charge is 2.24. The predicted molar refractivity (Wildman–Crippen MR) is 126 cm³/mol. The number of carbonyl (C=O) groups excluding carboxylic acids is 2. The van der Waals surface area contributed by atoms with E-state index in [2.05, 4.69) is 20.6 Å². The first-order valence-corrected chi connectivity index (χ1v) is 10.4. The van der Waals surface area contributed by atoms with Crippen LogP contribution in [0.15, 0.2) is 55.0 Å². The van der Waals surface area contributed by atoms with Gasteiger partial charge in [0.25, 0.3) is 0 Å². The number of carbonyl (C=O) groups is 2. The molecule has 0 aliphatic rings. The third-order valence-corrected chi connectivity index (χ3v) is 5.44. The van der Waals surface area contributed by atoms with Crippen molar-refractivity contribution in [2.24, 2.45) is 0 Å². The van der Waals surface area contributed by atoms with Gasteiger partial charge < -0.3 is 20.9 Å². The monoisotopic (exact) mass is 466 g/mol. The predicted octanol–water partition coefficient (Wildman–Crippen LogP) is 5.26. The van der Waals surface area contributed by atoms with E-state index in [9.17, 15) is 14.0 Å². The molecule has 0 radical (unpaired) electrons. The molecule has 0 bridgehead atoms. The number of nitrogens with one attached hydrogen (secondary N) is 2. The molecule has 2 aromatic heterocycles. The minimum Gasteiger partial charge on any atom is -0.383 e. The number of fused-ring (bicyclic) bond motifs is 1. The lowest BCUT2D eigenvalue weighted by Crippen LogP contribution is -2.20. The normalized spacial score (nSPS) is 11.1. The van der Waals surface area contributed by atoms with Gasteiger partial charge in [0.1, 0.15) is 23.6 Å². The zero-order chi connectivity index (χ0) is 23.7. The van der Waals surface area contributed by atoms with Gasteiger partial charge in [-0.05, 0) is 50.2 Å². The van der Waals surface area contributed by atoms with Gasteiger partial charge in [-0.15, -0.1) is 0 Å². The summed E-state index contributed by atoms with van der Waals surface area (Å²) in [7, 11) is 0. The second kappa shape index (κ2) is 8.87. The lowest BCUT2D eigenvalue weighted by Gasteiger charge is -2.11. The van der Waals surface area contributed by atoms with Crippen molar-refractivity contribution in [1.29, 1.82) is 0 Å². The summed E-state index contributed by atoms with van der Waals surface area (Å²) in [5, 5.41) is 5.70. The number of halogens is 2. The number of nitrogens with zero attached hydrogens (tertiary/aromatic N) is 3. The van der Waals surface area contributed by atoms with Crippen molar-refractivity contribution in [1.82, 2.24) is 14.5 Å². The van der Waals surface area contributed by atoms with Gasteiger partial charge in [0.15, 0.2) is 5.78 Å². The van der Waals surface area contributed by atoms with Crippen LogP contribution in [0.4, 0.5) is 26.4 Å². The summed E-state index contributed by atoms with van der Waals surface area (Å²) in [6, 6.07) is 9.47. The van der Waals surface area contributed by atoms with E-state index in [1.807, 2.05) is 18.4 Å². The number of aromatic nitrogens is 3. The fourth-order valence-electron chi connectivity index (χ4n) is 3.44. The standard InChI is InChI=1S/C23H20ClFN6O2/c1-12(2)31-10-16(18-21(26)27-11-28-22(18)31)20(32)15-4-3-5-17(19(15)24)30-23(33)29-14-8-6-13(25)7-9-14/h3-12H,1-2H3,(H2,26,27,28)(H2,29,30,33). The maximum absolute atomic E-state index is 13.5. The van der Waals surface area contributed by atoms with Gasteiger partial charge >= 0.3 is 6.03 Å². The SMILES string of the molecule is CC(C)n1cc(C(=O)c2cccc(NC(=O)Nc3ccc(F)cc3)c2Cl)c2c(N)ncnc21. The summed E-state index contributed by atoms with van der Waals surface area (Å²) in [5.41, 5.74) is 7.74. The Labute approximate surface area is 193 Å². The molecule has 0 saturated carbocycles. The maximum Gasteiger partial charge on any atom is 0.323 e. The van der Waals surface area contributed by atoms with E-state index >= 15 is 0 Å². The molecule has 10 heteroatoms. The minimum atomic E-state index is -0.595. The van der Waals surface area contributed by atoms with Crippen molar-refractivity contribution in [2.75, 3.05) is 16.4 Å².